The number of rotatable bonds is 6. The zero-order valence-electron chi connectivity index (χ0n) is 13.0. The van der Waals surface area contributed by atoms with Gasteiger partial charge >= 0.3 is 5.97 Å². The van der Waals surface area contributed by atoms with Crippen molar-refractivity contribution in [2.45, 2.75) is 52.4 Å². The third kappa shape index (κ3) is 3.60. The van der Waals surface area contributed by atoms with Gasteiger partial charge in [0.25, 0.3) is 0 Å². The summed E-state index contributed by atoms with van der Waals surface area (Å²) in [5, 5.41) is 0.0285. The Morgan fingerprint density at radius 2 is 1.91 bits per heavy atom. The number of carbonyl (C=O) groups is 1. The fourth-order valence-corrected chi connectivity index (χ4v) is 1.93. The first-order chi connectivity index (χ1) is 10.2. The van der Waals surface area contributed by atoms with Crippen LogP contribution in [-0.4, -0.2) is 29.4 Å². The Balaban J connectivity index is 3.06. The minimum Gasteiger partial charge on any atom is -0.465 e. The van der Waals surface area contributed by atoms with Gasteiger partial charge in [-0.15, -0.1) is 0 Å². The summed E-state index contributed by atoms with van der Waals surface area (Å²) in [6, 6.07) is 0. The molecule has 0 saturated heterocycles. The van der Waals surface area contributed by atoms with Crippen molar-refractivity contribution in [1.29, 1.82) is 0 Å². The SMILES string of the molecule is CCCC1=C(F)C(F)N(NC(C)(C)C(=O)OCC)C(F)=C1F. The van der Waals surface area contributed by atoms with Gasteiger partial charge in [0.1, 0.15) is 5.54 Å². The van der Waals surface area contributed by atoms with Gasteiger partial charge in [-0.05, 0) is 27.2 Å². The van der Waals surface area contributed by atoms with Crippen LogP contribution in [0.4, 0.5) is 17.6 Å². The molecule has 1 rings (SSSR count). The van der Waals surface area contributed by atoms with E-state index in [1.54, 1.807) is 13.8 Å². The molecule has 0 saturated carbocycles. The molecule has 8 heteroatoms. The quantitative estimate of drug-likeness (QED) is 0.461. The van der Waals surface area contributed by atoms with E-state index in [0.29, 0.717) is 6.42 Å². The molecule has 0 aliphatic carbocycles. The van der Waals surface area contributed by atoms with Gasteiger partial charge in [0.05, 0.1) is 6.61 Å². The second-order valence-electron chi connectivity index (χ2n) is 5.34. The molecule has 0 aromatic rings. The molecular weight excluding hydrogens is 304 g/mol. The maximum atomic E-state index is 14.1. The molecule has 0 aromatic carbocycles. The first-order valence-electron chi connectivity index (χ1n) is 6.99. The van der Waals surface area contributed by atoms with Gasteiger partial charge in [-0.1, -0.05) is 13.3 Å². The summed E-state index contributed by atoms with van der Waals surface area (Å²) < 4.78 is 60.6. The molecule has 4 nitrogen and oxygen atoms in total. The van der Waals surface area contributed by atoms with E-state index in [0.717, 1.165) is 0 Å². The second kappa shape index (κ2) is 7.13. The molecule has 0 bridgehead atoms. The maximum absolute atomic E-state index is 14.1. The zero-order chi connectivity index (χ0) is 17.1. The van der Waals surface area contributed by atoms with Crippen molar-refractivity contribution in [1.82, 2.24) is 10.4 Å². The highest BCUT2D eigenvalue weighted by molar-refractivity contribution is 5.79. The lowest BCUT2D eigenvalue weighted by Crippen LogP contribution is -2.58. The van der Waals surface area contributed by atoms with Crippen LogP contribution in [0, 0.1) is 0 Å². The average molecular weight is 324 g/mol. The molecular formula is C14H20F4N2O2. The van der Waals surface area contributed by atoms with Crippen LogP contribution >= 0.6 is 0 Å². The van der Waals surface area contributed by atoms with Gasteiger partial charge in [0.15, 0.2) is 11.7 Å². The largest absolute Gasteiger partial charge is 0.465 e. The molecule has 1 atom stereocenters. The van der Waals surface area contributed by atoms with Crippen molar-refractivity contribution in [2.24, 2.45) is 0 Å². The average Bonchev–Trinajstić information content (AvgIpc) is 2.46. The number of nitrogens with one attached hydrogen (secondary N) is 1. The van der Waals surface area contributed by atoms with Gasteiger partial charge in [0, 0.05) is 5.57 Å². The number of nitrogens with zero attached hydrogens (tertiary/aromatic N) is 1. The highest BCUT2D eigenvalue weighted by atomic mass is 19.2. The molecule has 0 aromatic heterocycles. The topological polar surface area (TPSA) is 41.6 Å². The van der Waals surface area contributed by atoms with Crippen LogP contribution in [0.25, 0.3) is 0 Å². The lowest BCUT2D eigenvalue weighted by Gasteiger charge is -2.36. The Morgan fingerprint density at radius 3 is 2.41 bits per heavy atom. The van der Waals surface area contributed by atoms with Crippen LogP contribution in [-0.2, 0) is 9.53 Å². The van der Waals surface area contributed by atoms with Crippen molar-refractivity contribution >= 4 is 5.97 Å². The number of hydrazine groups is 1. The standard InChI is InChI=1S/C14H20F4N2O2/c1-5-7-8-9(15)11(17)20(12(18)10(8)16)19-14(3,4)13(21)22-6-2/h11,19H,5-7H2,1-4H3. The van der Waals surface area contributed by atoms with Crippen molar-refractivity contribution in [3.8, 4) is 0 Å². The molecule has 0 amide bonds. The van der Waals surface area contributed by atoms with Gasteiger partial charge in [-0.2, -0.15) is 4.39 Å². The van der Waals surface area contributed by atoms with E-state index in [2.05, 4.69) is 5.43 Å². The zero-order valence-corrected chi connectivity index (χ0v) is 13.0. The van der Waals surface area contributed by atoms with Crippen molar-refractivity contribution in [3.63, 3.8) is 0 Å². The van der Waals surface area contributed by atoms with Crippen molar-refractivity contribution in [3.05, 3.63) is 23.2 Å². The molecule has 1 N–H and O–H groups in total. The molecule has 1 unspecified atom stereocenters. The summed E-state index contributed by atoms with van der Waals surface area (Å²) in [4.78, 5) is 11.7. The van der Waals surface area contributed by atoms with Gasteiger partial charge in [-0.25, -0.2) is 23.6 Å². The van der Waals surface area contributed by atoms with E-state index < -0.39 is 41.0 Å². The van der Waals surface area contributed by atoms with Crippen LogP contribution in [0.5, 0.6) is 0 Å². The molecule has 1 heterocycles. The predicted molar refractivity (Wildman–Crippen MR) is 72.9 cm³/mol. The molecule has 0 radical (unpaired) electrons. The van der Waals surface area contributed by atoms with E-state index >= 15 is 0 Å². The number of halogens is 4. The first kappa shape index (κ1) is 18.5. The summed E-state index contributed by atoms with van der Waals surface area (Å²) in [6.07, 6.45) is -2.35. The molecule has 126 valence electrons. The monoisotopic (exact) mass is 324 g/mol. The molecule has 0 fully saturated rings. The Morgan fingerprint density at radius 1 is 1.32 bits per heavy atom. The van der Waals surface area contributed by atoms with E-state index in [4.69, 9.17) is 4.74 Å². The molecule has 1 aliphatic rings. The number of allylic oxidation sites excluding steroid dienone is 2. The summed E-state index contributed by atoms with van der Waals surface area (Å²) in [6.45, 7) is 5.82. The lowest BCUT2D eigenvalue weighted by atomic mass is 10.0. The van der Waals surface area contributed by atoms with Crippen LogP contribution in [0.15, 0.2) is 23.2 Å². The third-order valence-corrected chi connectivity index (χ3v) is 3.07. The Labute approximate surface area is 126 Å². The maximum Gasteiger partial charge on any atom is 0.327 e. The molecule has 1 aliphatic heterocycles. The highest BCUT2D eigenvalue weighted by Gasteiger charge is 2.41. The number of hydrogen-bond donors (Lipinski definition) is 1. The summed E-state index contributed by atoms with van der Waals surface area (Å²) in [7, 11) is 0. The Hall–Kier alpha value is -1.57. The van der Waals surface area contributed by atoms with E-state index in [1.807, 2.05) is 0 Å². The van der Waals surface area contributed by atoms with E-state index in [9.17, 15) is 22.4 Å². The van der Waals surface area contributed by atoms with Crippen LogP contribution in [0.3, 0.4) is 0 Å². The van der Waals surface area contributed by atoms with Crippen LogP contribution in [0.1, 0.15) is 40.5 Å². The van der Waals surface area contributed by atoms with Gasteiger partial charge in [0.2, 0.25) is 12.2 Å². The fraction of sp³-hybridized carbons (Fsp3) is 0.643. The lowest BCUT2D eigenvalue weighted by molar-refractivity contribution is -0.153. The third-order valence-electron chi connectivity index (χ3n) is 3.07. The second-order valence-corrected chi connectivity index (χ2v) is 5.34. The number of ether oxygens (including phenoxy) is 1. The number of esters is 1. The number of carbonyl (C=O) groups excluding carboxylic acids is 1. The highest BCUT2D eigenvalue weighted by Crippen LogP contribution is 2.36. The molecule has 22 heavy (non-hydrogen) atoms. The number of alkyl halides is 1. The molecule has 0 spiro atoms. The van der Waals surface area contributed by atoms with E-state index in [1.165, 1.54) is 13.8 Å². The van der Waals surface area contributed by atoms with Crippen molar-refractivity contribution in [2.75, 3.05) is 6.61 Å². The fourth-order valence-electron chi connectivity index (χ4n) is 1.93. The summed E-state index contributed by atoms with van der Waals surface area (Å²) in [5.74, 6) is -5.29. The minimum absolute atomic E-state index is 0.0285. The Bertz CT molecular complexity index is 503. The first-order valence-corrected chi connectivity index (χ1v) is 6.99. The van der Waals surface area contributed by atoms with Crippen LogP contribution < -0.4 is 5.43 Å². The van der Waals surface area contributed by atoms with Crippen molar-refractivity contribution < 1.29 is 27.1 Å². The van der Waals surface area contributed by atoms with Gasteiger partial charge < -0.3 is 4.74 Å². The summed E-state index contributed by atoms with van der Waals surface area (Å²) >= 11 is 0. The van der Waals surface area contributed by atoms with Crippen LogP contribution in [0.2, 0.25) is 0 Å². The predicted octanol–water partition coefficient (Wildman–Crippen LogP) is 3.58. The normalized spacial score (nSPS) is 19.8. The smallest absolute Gasteiger partial charge is 0.327 e. The number of hydrogen-bond acceptors (Lipinski definition) is 4. The summed E-state index contributed by atoms with van der Waals surface area (Å²) in [5.41, 5.74) is -0.0548. The van der Waals surface area contributed by atoms with Gasteiger partial charge in [-0.3, -0.25) is 4.79 Å². The van der Waals surface area contributed by atoms with E-state index in [-0.39, 0.29) is 18.0 Å². The minimum atomic E-state index is -2.56. The Kier molecular flexibility index (Phi) is 5.99.